The number of nitriles is 1. The Morgan fingerprint density at radius 2 is 1.77 bits per heavy atom. The molecule has 14 heteroatoms. The van der Waals surface area contributed by atoms with E-state index in [1.54, 1.807) is 30.5 Å². The second-order valence-corrected chi connectivity index (χ2v) is 12.3. The van der Waals surface area contributed by atoms with E-state index in [9.17, 15) is 27.8 Å². The maximum absolute atomic E-state index is 15.0. The van der Waals surface area contributed by atoms with Crippen LogP contribution in [0.5, 0.6) is 0 Å². The van der Waals surface area contributed by atoms with E-state index in [1.165, 1.54) is 51.5 Å². The SMILES string of the molecule is COC(=O)c1cc(Cl)c(-c2cccc(-c3c(C4=C(C#N)N4OSC)c4cc(F)ccc4n3[S+]([O-])c3ccc(C(F)F)cc3)c2)cc1F. The predicted octanol–water partition coefficient (Wildman–Crippen LogP) is 8.92. The molecule has 0 spiro atoms. The van der Waals surface area contributed by atoms with E-state index in [0.717, 1.165) is 31.3 Å². The van der Waals surface area contributed by atoms with Gasteiger partial charge in [0.2, 0.25) is 0 Å². The lowest BCUT2D eigenvalue weighted by Gasteiger charge is -2.17. The molecule has 2 heterocycles. The number of allylic oxidation sites excluding steroid dienone is 1. The standard InChI is InChI=1S/C33H20ClF4N3O4S2/c1-44-33(42)23-14-25(34)22(15-26(23)36)18-4-3-5-19(12-18)30-29(31-28(16-39)40(31)45-46-2)24-13-20(35)8-11-27(24)41(30)47(43)21-9-6-17(7-10-21)32(37)38/h3-15,32H,1-2H3. The van der Waals surface area contributed by atoms with Gasteiger partial charge in [0.25, 0.3) is 6.43 Å². The number of hydrogen-bond donors (Lipinski definition) is 0. The minimum atomic E-state index is -2.73. The van der Waals surface area contributed by atoms with Crippen LogP contribution in [0.1, 0.15) is 27.9 Å². The number of carbonyl (C=O) groups excluding carboxylic acids is 1. The number of fused-ring (bicyclic) bond motifs is 1. The largest absolute Gasteiger partial charge is 0.587 e. The first-order chi connectivity index (χ1) is 22.6. The van der Waals surface area contributed by atoms with Crippen molar-refractivity contribution in [3.63, 3.8) is 0 Å². The van der Waals surface area contributed by atoms with Crippen LogP contribution in [-0.4, -0.2) is 32.9 Å². The van der Waals surface area contributed by atoms with Crippen LogP contribution >= 0.6 is 23.6 Å². The molecule has 1 aromatic heterocycles. The lowest BCUT2D eigenvalue weighted by Crippen LogP contribution is -2.14. The van der Waals surface area contributed by atoms with Crippen LogP contribution in [0.3, 0.4) is 0 Å². The number of nitrogens with zero attached hydrogens (tertiary/aromatic N) is 3. The molecule has 4 aromatic carbocycles. The molecule has 0 saturated heterocycles. The Hall–Kier alpha value is -4.45. The maximum atomic E-state index is 15.0. The van der Waals surface area contributed by atoms with Gasteiger partial charge >= 0.3 is 5.97 Å². The molecule has 0 radical (unpaired) electrons. The van der Waals surface area contributed by atoms with E-state index in [-0.39, 0.29) is 38.0 Å². The molecule has 0 N–H and O–H groups in total. The third-order valence-electron chi connectivity index (χ3n) is 7.37. The van der Waals surface area contributed by atoms with Gasteiger partial charge in [-0.15, -0.1) is 0 Å². The third-order valence-corrected chi connectivity index (χ3v) is 9.36. The summed E-state index contributed by atoms with van der Waals surface area (Å²) in [6.07, 6.45) is -1.09. The molecular formula is C33H20ClF4N3O4S2. The van der Waals surface area contributed by atoms with Crippen molar-refractivity contribution in [3.05, 3.63) is 118 Å². The van der Waals surface area contributed by atoms with Gasteiger partial charge in [0.1, 0.15) is 40.5 Å². The van der Waals surface area contributed by atoms with E-state index < -0.39 is 35.4 Å². The van der Waals surface area contributed by atoms with Crippen molar-refractivity contribution in [3.8, 4) is 28.5 Å². The van der Waals surface area contributed by atoms with Crippen molar-refractivity contribution < 1.29 is 35.9 Å². The number of rotatable bonds is 9. The highest BCUT2D eigenvalue weighted by molar-refractivity contribution is 7.93. The number of benzene rings is 4. The Labute approximate surface area is 278 Å². The summed E-state index contributed by atoms with van der Waals surface area (Å²) in [5.41, 5.74) is 1.76. The predicted molar refractivity (Wildman–Crippen MR) is 171 cm³/mol. The number of hydrogen-bond acceptors (Lipinski definition) is 7. The highest BCUT2D eigenvalue weighted by atomic mass is 35.5. The summed E-state index contributed by atoms with van der Waals surface area (Å²) in [4.78, 5) is 12.2. The van der Waals surface area contributed by atoms with Crippen LogP contribution in [0.2, 0.25) is 5.02 Å². The first-order valence-corrected chi connectivity index (χ1v) is 16.2. The summed E-state index contributed by atoms with van der Waals surface area (Å²) < 4.78 is 82.4. The Bertz CT molecular complexity index is 2130. The summed E-state index contributed by atoms with van der Waals surface area (Å²) in [7, 11) is 1.12. The van der Waals surface area contributed by atoms with Gasteiger partial charge in [-0.05, 0) is 66.2 Å². The zero-order valence-electron chi connectivity index (χ0n) is 24.3. The zero-order valence-corrected chi connectivity index (χ0v) is 26.7. The van der Waals surface area contributed by atoms with Gasteiger partial charge < -0.3 is 9.29 Å². The molecule has 7 nitrogen and oxygen atoms in total. The fourth-order valence-corrected chi connectivity index (χ4v) is 7.08. The van der Waals surface area contributed by atoms with Gasteiger partial charge in [-0.1, -0.05) is 29.8 Å². The highest BCUT2D eigenvalue weighted by Crippen LogP contribution is 2.50. The first-order valence-electron chi connectivity index (χ1n) is 13.6. The smallest absolute Gasteiger partial charge is 0.340 e. The van der Waals surface area contributed by atoms with E-state index in [1.807, 2.05) is 0 Å². The normalized spacial score (nSPS) is 13.3. The Balaban J connectivity index is 1.62. The number of esters is 1. The molecule has 6 rings (SSSR count). The van der Waals surface area contributed by atoms with E-state index in [2.05, 4.69) is 10.8 Å². The van der Waals surface area contributed by atoms with Crippen LogP contribution in [0.25, 0.3) is 39.0 Å². The summed E-state index contributed by atoms with van der Waals surface area (Å²) >= 11 is 5.39. The van der Waals surface area contributed by atoms with Gasteiger partial charge in [0, 0.05) is 51.0 Å². The molecule has 1 atom stereocenters. The third kappa shape index (κ3) is 5.83. The van der Waals surface area contributed by atoms with Crippen LogP contribution in [0.15, 0.2) is 89.5 Å². The number of methoxy groups -OCH3 is 1. The maximum Gasteiger partial charge on any atom is 0.340 e. The lowest BCUT2D eigenvalue weighted by atomic mass is 9.98. The van der Waals surface area contributed by atoms with E-state index in [0.29, 0.717) is 33.3 Å². The number of halogens is 5. The molecular weight excluding hydrogens is 678 g/mol. The van der Waals surface area contributed by atoms with Crippen molar-refractivity contribution in [2.45, 2.75) is 11.3 Å². The molecule has 1 unspecified atom stereocenters. The summed E-state index contributed by atoms with van der Waals surface area (Å²) in [6, 6.07) is 19.7. The Kier molecular flexibility index (Phi) is 8.97. The van der Waals surface area contributed by atoms with Crippen molar-refractivity contribution in [2.75, 3.05) is 13.4 Å². The fourth-order valence-electron chi connectivity index (χ4n) is 5.23. The van der Waals surface area contributed by atoms with Crippen molar-refractivity contribution >= 4 is 57.6 Å². The molecule has 238 valence electrons. The van der Waals surface area contributed by atoms with E-state index in [4.69, 9.17) is 15.9 Å². The summed E-state index contributed by atoms with van der Waals surface area (Å²) in [5, 5.41) is 11.5. The summed E-state index contributed by atoms with van der Waals surface area (Å²) in [6.45, 7) is 0. The minimum Gasteiger partial charge on any atom is -0.587 e. The number of aromatic nitrogens is 1. The monoisotopic (exact) mass is 697 g/mol. The van der Waals surface area contributed by atoms with Crippen LogP contribution in [0, 0.1) is 23.0 Å². The molecule has 0 aliphatic carbocycles. The zero-order chi connectivity index (χ0) is 33.6. The molecule has 47 heavy (non-hydrogen) atoms. The quantitative estimate of drug-likeness (QED) is 0.0658. The summed E-state index contributed by atoms with van der Waals surface area (Å²) in [5.74, 6) is -2.38. The van der Waals surface area contributed by atoms with Crippen molar-refractivity contribution in [2.24, 2.45) is 0 Å². The molecule has 0 fully saturated rings. The van der Waals surface area contributed by atoms with Crippen molar-refractivity contribution in [1.82, 2.24) is 9.04 Å². The Morgan fingerprint density at radius 3 is 2.43 bits per heavy atom. The molecule has 1 aliphatic rings. The van der Waals surface area contributed by atoms with Crippen molar-refractivity contribution in [1.29, 1.82) is 5.26 Å². The molecule has 5 aromatic rings. The number of hydroxylamine groups is 2. The van der Waals surface area contributed by atoms with Gasteiger partial charge in [-0.25, -0.2) is 22.4 Å². The van der Waals surface area contributed by atoms with Gasteiger partial charge in [-0.3, -0.25) is 0 Å². The molecule has 1 aliphatic heterocycles. The second kappa shape index (κ2) is 13.0. The number of alkyl halides is 2. The fraction of sp³-hybridized carbons (Fsp3) is 0.0909. The van der Waals surface area contributed by atoms with Crippen LogP contribution < -0.4 is 0 Å². The van der Waals surface area contributed by atoms with Gasteiger partial charge in [-0.2, -0.15) is 18.6 Å². The van der Waals surface area contributed by atoms with Gasteiger partial charge in [0.05, 0.1) is 18.2 Å². The first kappa shape index (κ1) is 32.5. The van der Waals surface area contributed by atoms with Crippen LogP contribution in [-0.2, 0) is 20.4 Å². The van der Waals surface area contributed by atoms with Gasteiger partial charge in [0.15, 0.2) is 10.6 Å². The minimum absolute atomic E-state index is 0.0469. The lowest BCUT2D eigenvalue weighted by molar-refractivity contribution is 0.0595. The average Bonchev–Trinajstić information content (AvgIpc) is 3.66. The average molecular weight is 698 g/mol. The molecule has 0 bridgehead atoms. The Morgan fingerprint density at radius 1 is 1.04 bits per heavy atom. The topological polar surface area (TPSA) is 90.3 Å². The number of carbonyl (C=O) groups is 1. The number of ether oxygens (including phenoxy) is 1. The van der Waals surface area contributed by atoms with E-state index >= 15 is 4.39 Å². The molecule has 0 saturated carbocycles. The van der Waals surface area contributed by atoms with Crippen LogP contribution in [0.4, 0.5) is 17.6 Å². The highest BCUT2D eigenvalue weighted by Gasteiger charge is 2.43. The second-order valence-electron chi connectivity index (χ2n) is 10.0. The molecule has 0 amide bonds.